The number of anilines is 2. The van der Waals surface area contributed by atoms with Crippen LogP contribution in [-0.4, -0.2) is 67.4 Å². The molecule has 59 heavy (non-hydrogen) atoms. The fourth-order valence-corrected chi connectivity index (χ4v) is 8.60. The average Bonchev–Trinajstić information content (AvgIpc) is 3.05. The molecule has 1 aliphatic heterocycles. The van der Waals surface area contributed by atoms with Crippen LogP contribution in [0.3, 0.4) is 0 Å². The van der Waals surface area contributed by atoms with Crippen molar-refractivity contribution in [3.63, 3.8) is 0 Å². The summed E-state index contributed by atoms with van der Waals surface area (Å²) in [5.74, 6) is 1.62. The molecule has 3 aromatic rings. The molecule has 0 atom stereocenters. The number of hydrogen-bond donors (Lipinski definition) is 4. The van der Waals surface area contributed by atoms with Gasteiger partial charge >= 0.3 is 6.01 Å². The molecule has 1 saturated heterocycles. The van der Waals surface area contributed by atoms with E-state index in [0.29, 0.717) is 43.1 Å². The lowest BCUT2D eigenvalue weighted by atomic mass is 9.74. The van der Waals surface area contributed by atoms with E-state index in [4.69, 9.17) is 19.7 Å². The Bertz CT molecular complexity index is 1750. The van der Waals surface area contributed by atoms with Crippen molar-refractivity contribution in [2.75, 3.05) is 36.9 Å². The van der Waals surface area contributed by atoms with Crippen LogP contribution in [0.15, 0.2) is 24.3 Å². The van der Waals surface area contributed by atoms with E-state index in [9.17, 15) is 10.2 Å². The van der Waals surface area contributed by atoms with Crippen molar-refractivity contribution in [2.45, 2.75) is 201 Å². The molecular formula is C50H82N6O3. The highest BCUT2D eigenvalue weighted by molar-refractivity contribution is 5.53. The molecule has 330 valence electrons. The number of benzene rings is 2. The molecule has 1 fully saturated rings. The molecule has 2 aromatic carbocycles. The van der Waals surface area contributed by atoms with Crippen molar-refractivity contribution >= 4 is 11.9 Å². The number of phenols is 2. The number of piperidine rings is 1. The molecule has 4 N–H and O–H groups in total. The molecular weight excluding hydrogens is 733 g/mol. The van der Waals surface area contributed by atoms with E-state index in [2.05, 4.69) is 178 Å². The Kier molecular flexibility index (Phi) is 13.3. The summed E-state index contributed by atoms with van der Waals surface area (Å²) in [6.07, 6.45) is 3.53. The first-order valence-corrected chi connectivity index (χ1v) is 22.0. The lowest BCUT2D eigenvalue weighted by Gasteiger charge is -2.52. The Hall–Kier alpha value is -3.59. The fourth-order valence-electron chi connectivity index (χ4n) is 8.60. The molecule has 0 radical (unpaired) electrons. The lowest BCUT2D eigenvalue weighted by molar-refractivity contribution is -0.0346. The largest absolute Gasteiger partial charge is 0.507 e. The van der Waals surface area contributed by atoms with Gasteiger partial charge in [-0.05, 0) is 102 Å². The van der Waals surface area contributed by atoms with E-state index in [1.54, 1.807) is 0 Å². The highest BCUT2D eigenvalue weighted by atomic mass is 16.5. The Morgan fingerprint density at radius 1 is 0.559 bits per heavy atom. The van der Waals surface area contributed by atoms with Crippen LogP contribution in [0.2, 0.25) is 0 Å². The molecule has 9 nitrogen and oxygen atoms in total. The van der Waals surface area contributed by atoms with Crippen LogP contribution in [0, 0.1) is 0 Å². The SMILES string of the molecule is CC(C)(C)c1cc(C(C)(C)CNc2nc(NCC(C)(C)c3cc(C(C)(C)C)c(O)c(C(C)(C)C)c3)nc(OCCN3C(C)(C)CCCC3(C)C)n2)cc(C(C)(C)C)c1O. The standard InChI is InChI=1S/C50H82N6O3/c1-43(2,3)34-26-32(27-35(38(34)57)44(4,5)6)47(13,14)30-51-40-53-41(55-42(54-40)59-25-24-56-49(17,18)22-21-23-50(56,19)20)52-31-48(15,16)33-28-36(45(7,8)9)39(58)37(29-33)46(10,11)12/h26-29,57-58H,21-25,30-31H2,1-20H3,(H2,51,52,53,54,55). The van der Waals surface area contributed by atoms with Gasteiger partial charge in [0.1, 0.15) is 18.1 Å². The number of phenolic OH excluding ortho intramolecular Hbond substituents is 2. The summed E-state index contributed by atoms with van der Waals surface area (Å²) >= 11 is 0. The third kappa shape index (κ3) is 11.4. The Morgan fingerprint density at radius 2 is 0.881 bits per heavy atom. The zero-order chi connectivity index (χ0) is 44.9. The second-order valence-corrected chi connectivity index (χ2v) is 24.1. The van der Waals surface area contributed by atoms with E-state index in [1.807, 2.05) is 0 Å². The Balaban J connectivity index is 1.70. The first kappa shape index (κ1) is 48.1. The van der Waals surface area contributed by atoms with Gasteiger partial charge in [-0.2, -0.15) is 15.0 Å². The summed E-state index contributed by atoms with van der Waals surface area (Å²) in [4.78, 5) is 17.1. The maximum absolute atomic E-state index is 11.4. The van der Waals surface area contributed by atoms with E-state index in [-0.39, 0.29) is 49.6 Å². The molecule has 0 saturated carbocycles. The minimum atomic E-state index is -0.350. The van der Waals surface area contributed by atoms with Crippen LogP contribution in [0.25, 0.3) is 0 Å². The van der Waals surface area contributed by atoms with Gasteiger partial charge in [0, 0.05) is 41.5 Å². The Morgan fingerprint density at radius 3 is 1.19 bits per heavy atom. The van der Waals surface area contributed by atoms with Gasteiger partial charge in [-0.1, -0.05) is 135 Å². The van der Waals surface area contributed by atoms with Crippen molar-refractivity contribution < 1.29 is 14.9 Å². The monoisotopic (exact) mass is 815 g/mol. The molecule has 2 heterocycles. The smallest absolute Gasteiger partial charge is 0.323 e. The summed E-state index contributed by atoms with van der Waals surface area (Å²) in [5.41, 5.74) is 4.53. The lowest BCUT2D eigenvalue weighted by Crippen LogP contribution is -2.59. The summed E-state index contributed by atoms with van der Waals surface area (Å²) in [6, 6.07) is 8.91. The summed E-state index contributed by atoms with van der Waals surface area (Å²) in [7, 11) is 0. The second-order valence-electron chi connectivity index (χ2n) is 24.1. The molecule has 1 aliphatic rings. The first-order chi connectivity index (χ1) is 26.6. The number of nitrogens with zero attached hydrogens (tertiary/aromatic N) is 4. The zero-order valence-electron chi connectivity index (χ0n) is 40.9. The molecule has 0 unspecified atom stereocenters. The van der Waals surface area contributed by atoms with Crippen molar-refractivity contribution in [3.8, 4) is 17.5 Å². The van der Waals surface area contributed by atoms with E-state index >= 15 is 0 Å². The Labute approximate surface area is 359 Å². The topological polar surface area (TPSA) is 116 Å². The van der Waals surface area contributed by atoms with Gasteiger partial charge in [-0.15, -0.1) is 0 Å². The molecule has 0 aliphatic carbocycles. The van der Waals surface area contributed by atoms with Gasteiger partial charge in [0.05, 0.1) is 0 Å². The number of aromatic nitrogens is 3. The number of aromatic hydroxyl groups is 2. The predicted molar refractivity (Wildman–Crippen MR) is 248 cm³/mol. The van der Waals surface area contributed by atoms with Crippen LogP contribution in [-0.2, 0) is 32.5 Å². The van der Waals surface area contributed by atoms with E-state index in [0.717, 1.165) is 52.8 Å². The number of ether oxygens (including phenoxy) is 1. The van der Waals surface area contributed by atoms with Gasteiger partial charge in [0.25, 0.3) is 0 Å². The van der Waals surface area contributed by atoms with Crippen LogP contribution < -0.4 is 15.4 Å². The second kappa shape index (κ2) is 16.4. The molecule has 9 heteroatoms. The first-order valence-electron chi connectivity index (χ1n) is 22.0. The quantitative estimate of drug-likeness (QED) is 0.142. The maximum atomic E-state index is 11.4. The van der Waals surface area contributed by atoms with Crippen molar-refractivity contribution in [3.05, 3.63) is 57.6 Å². The number of rotatable bonds is 12. The molecule has 4 rings (SSSR count). The van der Waals surface area contributed by atoms with E-state index in [1.165, 1.54) is 6.42 Å². The van der Waals surface area contributed by atoms with Gasteiger partial charge in [0.15, 0.2) is 0 Å². The summed E-state index contributed by atoms with van der Waals surface area (Å²) in [6.45, 7) is 46.2. The van der Waals surface area contributed by atoms with Crippen LogP contribution in [0.1, 0.15) is 191 Å². The highest BCUT2D eigenvalue weighted by Gasteiger charge is 2.41. The van der Waals surface area contributed by atoms with Gasteiger partial charge in [0.2, 0.25) is 11.9 Å². The zero-order valence-corrected chi connectivity index (χ0v) is 40.9. The minimum Gasteiger partial charge on any atom is -0.507 e. The molecule has 1 aromatic heterocycles. The number of likely N-dealkylation sites (tertiary alicyclic amines) is 1. The van der Waals surface area contributed by atoms with Crippen LogP contribution in [0.5, 0.6) is 17.5 Å². The average molecular weight is 815 g/mol. The van der Waals surface area contributed by atoms with E-state index < -0.39 is 0 Å². The normalized spacial score (nSPS) is 16.9. The number of nitrogens with one attached hydrogen (secondary N) is 2. The maximum Gasteiger partial charge on any atom is 0.323 e. The van der Waals surface area contributed by atoms with Crippen molar-refractivity contribution in [1.82, 2.24) is 19.9 Å². The molecule has 0 spiro atoms. The van der Waals surface area contributed by atoms with Crippen LogP contribution in [0.4, 0.5) is 11.9 Å². The fraction of sp³-hybridized carbons (Fsp3) is 0.700. The summed E-state index contributed by atoms with van der Waals surface area (Å²) in [5, 5.41) is 30.0. The van der Waals surface area contributed by atoms with Gasteiger partial charge in [-0.3, -0.25) is 4.90 Å². The predicted octanol–water partition coefficient (Wildman–Crippen LogP) is 11.7. The van der Waals surface area contributed by atoms with Crippen molar-refractivity contribution in [1.29, 1.82) is 0 Å². The van der Waals surface area contributed by atoms with Crippen LogP contribution >= 0.6 is 0 Å². The van der Waals surface area contributed by atoms with Gasteiger partial charge < -0.3 is 25.6 Å². The third-order valence-electron chi connectivity index (χ3n) is 12.6. The summed E-state index contributed by atoms with van der Waals surface area (Å²) < 4.78 is 6.41. The van der Waals surface area contributed by atoms with Gasteiger partial charge in [-0.25, -0.2) is 0 Å². The minimum absolute atomic E-state index is 0.0721. The highest BCUT2D eigenvalue weighted by Crippen LogP contribution is 2.44. The number of hydrogen-bond acceptors (Lipinski definition) is 9. The third-order valence-corrected chi connectivity index (χ3v) is 12.6. The molecule has 0 amide bonds. The molecule has 0 bridgehead atoms. The van der Waals surface area contributed by atoms with Crippen molar-refractivity contribution in [2.24, 2.45) is 0 Å².